The van der Waals surface area contributed by atoms with Gasteiger partial charge in [-0.3, -0.25) is 0 Å². The first-order chi connectivity index (χ1) is 12.2. The maximum atomic E-state index is 10.9. The van der Waals surface area contributed by atoms with Gasteiger partial charge in [-0.1, -0.05) is 43.6 Å². The molecule has 5 heteroatoms. The van der Waals surface area contributed by atoms with E-state index in [1.54, 1.807) is 0 Å². The largest absolute Gasteiger partial charge is 0.390 e. The summed E-state index contributed by atoms with van der Waals surface area (Å²) in [6, 6.07) is 8.05. The second-order valence-electron chi connectivity index (χ2n) is 8.82. The first-order valence-electron chi connectivity index (χ1n) is 9.71. The van der Waals surface area contributed by atoms with Crippen LogP contribution in [0.2, 0.25) is 5.02 Å². The molecule has 0 amide bonds. The van der Waals surface area contributed by atoms with E-state index in [0.717, 1.165) is 62.4 Å². The molecule has 1 spiro atoms. The van der Waals surface area contributed by atoms with Gasteiger partial charge in [-0.15, -0.1) is 0 Å². The highest BCUT2D eigenvalue weighted by Crippen LogP contribution is 2.43. The zero-order valence-corrected chi connectivity index (χ0v) is 16.9. The van der Waals surface area contributed by atoms with Crippen molar-refractivity contribution in [3.8, 4) is 0 Å². The second kappa shape index (κ2) is 7.76. The van der Waals surface area contributed by atoms with Crippen LogP contribution in [0.3, 0.4) is 0 Å². The molecule has 1 aromatic rings. The van der Waals surface area contributed by atoms with E-state index >= 15 is 0 Å². The molecule has 3 rings (SSSR count). The molecule has 2 N–H and O–H groups in total. The molecule has 2 aliphatic rings. The van der Waals surface area contributed by atoms with Crippen molar-refractivity contribution in [3.05, 3.63) is 34.9 Å². The minimum Gasteiger partial charge on any atom is -0.390 e. The molecule has 1 saturated heterocycles. The van der Waals surface area contributed by atoms with Crippen molar-refractivity contribution in [2.75, 3.05) is 19.8 Å². The van der Waals surface area contributed by atoms with E-state index in [-0.39, 0.29) is 11.5 Å². The number of benzene rings is 1. The summed E-state index contributed by atoms with van der Waals surface area (Å²) in [5.41, 5.74) is 0.533. The summed E-state index contributed by atoms with van der Waals surface area (Å²) in [6.07, 6.45) is 3.69. The maximum absolute atomic E-state index is 10.9. The number of nitrogens with one attached hydrogen (secondary N) is 1. The Balaban J connectivity index is 1.46. The quantitative estimate of drug-likeness (QED) is 0.790. The Bertz CT molecular complexity index is 599. The van der Waals surface area contributed by atoms with Gasteiger partial charge in [0.15, 0.2) is 5.79 Å². The maximum Gasteiger partial charge on any atom is 0.168 e. The zero-order valence-electron chi connectivity index (χ0n) is 16.2. The average molecular weight is 382 g/mol. The van der Waals surface area contributed by atoms with Crippen molar-refractivity contribution in [2.24, 2.45) is 5.41 Å². The Kier molecular flexibility index (Phi) is 6.00. The van der Waals surface area contributed by atoms with Crippen LogP contribution in [0.5, 0.6) is 0 Å². The van der Waals surface area contributed by atoms with Gasteiger partial charge in [0.1, 0.15) is 0 Å². The van der Waals surface area contributed by atoms with Gasteiger partial charge in [-0.25, -0.2) is 0 Å². The zero-order chi connectivity index (χ0) is 18.8. The Morgan fingerprint density at radius 2 is 1.73 bits per heavy atom. The van der Waals surface area contributed by atoms with Gasteiger partial charge in [0.25, 0.3) is 0 Å². The monoisotopic (exact) mass is 381 g/mol. The van der Waals surface area contributed by atoms with Crippen molar-refractivity contribution in [2.45, 2.75) is 70.3 Å². The van der Waals surface area contributed by atoms with Crippen LogP contribution in [0.1, 0.15) is 64.5 Å². The molecule has 2 fully saturated rings. The van der Waals surface area contributed by atoms with Crippen LogP contribution in [-0.4, -0.2) is 36.3 Å². The van der Waals surface area contributed by atoms with Gasteiger partial charge in [0.2, 0.25) is 0 Å². The first-order valence-corrected chi connectivity index (χ1v) is 10.1. The number of hydrogen-bond acceptors (Lipinski definition) is 4. The molecule has 0 unspecified atom stereocenters. The standard InChI is InChI=1S/C21H32ClNO3/c1-16(17-6-4-5-7-18(17)22)23-13-12-20(24)8-10-21(11-9-20)25-14-19(2,3)15-26-21/h4-7,16,23-24H,8-15H2,1-3H3/t16-/m0/s1. The molecule has 1 heterocycles. The summed E-state index contributed by atoms with van der Waals surface area (Å²) in [6.45, 7) is 8.62. The highest BCUT2D eigenvalue weighted by molar-refractivity contribution is 6.31. The molecular weight excluding hydrogens is 350 g/mol. The van der Waals surface area contributed by atoms with E-state index in [4.69, 9.17) is 21.1 Å². The number of hydrogen-bond donors (Lipinski definition) is 2. The van der Waals surface area contributed by atoms with Crippen LogP contribution in [0.25, 0.3) is 0 Å². The lowest BCUT2D eigenvalue weighted by molar-refractivity contribution is -0.319. The van der Waals surface area contributed by atoms with E-state index in [1.807, 2.05) is 24.3 Å². The molecular formula is C21H32ClNO3. The van der Waals surface area contributed by atoms with E-state index in [2.05, 4.69) is 26.1 Å². The Hall–Kier alpha value is -0.650. The summed E-state index contributed by atoms with van der Waals surface area (Å²) in [5, 5.41) is 15.2. The normalized spacial score (nSPS) is 25.1. The molecule has 1 aliphatic carbocycles. The Morgan fingerprint density at radius 1 is 1.12 bits per heavy atom. The van der Waals surface area contributed by atoms with Crippen molar-refractivity contribution in [1.29, 1.82) is 0 Å². The van der Waals surface area contributed by atoms with Crippen molar-refractivity contribution in [3.63, 3.8) is 0 Å². The van der Waals surface area contributed by atoms with E-state index in [1.165, 1.54) is 0 Å². The number of aliphatic hydroxyl groups is 1. The summed E-state index contributed by atoms with van der Waals surface area (Å²) >= 11 is 6.26. The smallest absolute Gasteiger partial charge is 0.168 e. The van der Waals surface area contributed by atoms with Gasteiger partial charge in [-0.2, -0.15) is 0 Å². The van der Waals surface area contributed by atoms with E-state index in [9.17, 15) is 5.11 Å². The van der Waals surface area contributed by atoms with Crippen LogP contribution in [0.15, 0.2) is 24.3 Å². The third kappa shape index (κ3) is 4.79. The van der Waals surface area contributed by atoms with E-state index in [0.29, 0.717) is 0 Å². The lowest BCUT2D eigenvalue weighted by Gasteiger charge is -2.48. The SMILES string of the molecule is C[C@H](NCCC1(O)CCC2(CC1)OCC(C)(C)CO2)c1ccccc1Cl. The predicted octanol–water partition coefficient (Wildman–Crippen LogP) is 4.46. The fourth-order valence-electron chi connectivity index (χ4n) is 3.83. The first kappa shape index (κ1) is 20.1. The molecule has 1 atom stereocenters. The van der Waals surface area contributed by atoms with Gasteiger partial charge < -0.3 is 19.9 Å². The lowest BCUT2D eigenvalue weighted by Crippen LogP contribution is -2.52. The highest BCUT2D eigenvalue weighted by atomic mass is 35.5. The third-order valence-corrected chi connectivity index (χ3v) is 6.15. The topological polar surface area (TPSA) is 50.7 Å². The highest BCUT2D eigenvalue weighted by Gasteiger charge is 2.46. The third-order valence-electron chi connectivity index (χ3n) is 5.81. The van der Waals surface area contributed by atoms with Crippen LogP contribution >= 0.6 is 11.6 Å². The summed E-state index contributed by atoms with van der Waals surface area (Å²) in [5.74, 6) is -0.472. The molecule has 4 nitrogen and oxygen atoms in total. The molecule has 1 aromatic carbocycles. The van der Waals surface area contributed by atoms with Crippen molar-refractivity contribution in [1.82, 2.24) is 5.32 Å². The number of rotatable bonds is 5. The predicted molar refractivity (Wildman–Crippen MR) is 104 cm³/mol. The second-order valence-corrected chi connectivity index (χ2v) is 9.23. The van der Waals surface area contributed by atoms with Crippen LogP contribution < -0.4 is 5.32 Å². The average Bonchev–Trinajstić information content (AvgIpc) is 2.61. The minimum absolute atomic E-state index is 0.0811. The summed E-state index contributed by atoms with van der Waals surface area (Å²) in [7, 11) is 0. The van der Waals surface area contributed by atoms with Gasteiger partial charge in [0.05, 0.1) is 18.8 Å². The molecule has 146 valence electrons. The summed E-state index contributed by atoms with van der Waals surface area (Å²) < 4.78 is 12.1. The molecule has 0 radical (unpaired) electrons. The van der Waals surface area contributed by atoms with Crippen molar-refractivity contribution >= 4 is 11.6 Å². The fraction of sp³-hybridized carbons (Fsp3) is 0.714. The molecule has 0 aromatic heterocycles. The Labute approximate surface area is 162 Å². The van der Waals surface area contributed by atoms with Crippen LogP contribution in [0, 0.1) is 5.41 Å². The van der Waals surface area contributed by atoms with Gasteiger partial charge in [0, 0.05) is 29.3 Å². The van der Waals surface area contributed by atoms with Crippen molar-refractivity contribution < 1.29 is 14.6 Å². The minimum atomic E-state index is -0.641. The summed E-state index contributed by atoms with van der Waals surface area (Å²) in [4.78, 5) is 0. The van der Waals surface area contributed by atoms with Gasteiger partial charge >= 0.3 is 0 Å². The number of halogens is 1. The molecule has 1 saturated carbocycles. The lowest BCUT2D eigenvalue weighted by atomic mass is 9.78. The molecule has 26 heavy (non-hydrogen) atoms. The van der Waals surface area contributed by atoms with Crippen LogP contribution in [-0.2, 0) is 9.47 Å². The molecule has 0 bridgehead atoms. The number of ether oxygens (including phenoxy) is 2. The fourth-order valence-corrected chi connectivity index (χ4v) is 4.13. The Morgan fingerprint density at radius 3 is 2.35 bits per heavy atom. The molecule has 1 aliphatic heterocycles. The van der Waals surface area contributed by atoms with Crippen LogP contribution in [0.4, 0.5) is 0 Å². The van der Waals surface area contributed by atoms with E-state index < -0.39 is 11.4 Å². The van der Waals surface area contributed by atoms with Gasteiger partial charge in [-0.05, 0) is 44.4 Å².